The number of aromatic carboxylic acids is 1. The maximum atomic E-state index is 11.0. The fourth-order valence-corrected chi connectivity index (χ4v) is 2.43. The highest BCUT2D eigenvalue weighted by atomic mass is 16.5. The summed E-state index contributed by atoms with van der Waals surface area (Å²) < 4.78 is 16.0. The Balaban J connectivity index is 2.21. The van der Waals surface area contributed by atoms with E-state index in [9.17, 15) is 4.79 Å². The van der Waals surface area contributed by atoms with E-state index in [2.05, 4.69) is 5.32 Å². The fourth-order valence-electron chi connectivity index (χ4n) is 2.43. The summed E-state index contributed by atoms with van der Waals surface area (Å²) in [5.74, 6) is 0.790. The van der Waals surface area contributed by atoms with Gasteiger partial charge in [0.25, 0.3) is 0 Å². The van der Waals surface area contributed by atoms with Crippen LogP contribution in [0.25, 0.3) is 0 Å². The minimum atomic E-state index is -0.936. The SMILES string of the molecule is COc1cc(CNc2ccc(C(=O)O)cc2C)cc(OC)c1OC. The van der Waals surface area contributed by atoms with Gasteiger partial charge >= 0.3 is 5.97 Å². The number of carboxylic acids is 1. The molecule has 2 aromatic rings. The number of anilines is 1. The van der Waals surface area contributed by atoms with Crippen LogP contribution in [0.3, 0.4) is 0 Å². The van der Waals surface area contributed by atoms with Crippen LogP contribution in [0.1, 0.15) is 21.5 Å². The highest BCUT2D eigenvalue weighted by Crippen LogP contribution is 2.38. The lowest BCUT2D eigenvalue weighted by atomic mass is 10.1. The molecule has 0 bridgehead atoms. The van der Waals surface area contributed by atoms with Crippen molar-refractivity contribution in [3.63, 3.8) is 0 Å². The molecular weight excluding hydrogens is 310 g/mol. The normalized spacial score (nSPS) is 10.2. The third-order valence-electron chi connectivity index (χ3n) is 3.68. The van der Waals surface area contributed by atoms with Gasteiger partial charge in [0.1, 0.15) is 0 Å². The Labute approximate surface area is 141 Å². The van der Waals surface area contributed by atoms with E-state index >= 15 is 0 Å². The third kappa shape index (κ3) is 3.71. The molecule has 2 N–H and O–H groups in total. The number of ether oxygens (including phenoxy) is 3. The fraction of sp³-hybridized carbons (Fsp3) is 0.278. The minimum absolute atomic E-state index is 0.269. The summed E-state index contributed by atoms with van der Waals surface area (Å²) in [5, 5.41) is 12.3. The third-order valence-corrected chi connectivity index (χ3v) is 3.68. The van der Waals surface area contributed by atoms with Crippen LogP contribution < -0.4 is 19.5 Å². The molecule has 0 saturated carbocycles. The van der Waals surface area contributed by atoms with E-state index in [-0.39, 0.29) is 5.56 Å². The molecule has 0 heterocycles. The van der Waals surface area contributed by atoms with Gasteiger partial charge in [-0.3, -0.25) is 0 Å². The number of nitrogens with one attached hydrogen (secondary N) is 1. The first-order valence-electron chi connectivity index (χ1n) is 7.36. The van der Waals surface area contributed by atoms with E-state index in [0.717, 1.165) is 16.8 Å². The average Bonchev–Trinajstić information content (AvgIpc) is 2.59. The van der Waals surface area contributed by atoms with E-state index in [0.29, 0.717) is 23.8 Å². The lowest BCUT2D eigenvalue weighted by Gasteiger charge is -2.15. The van der Waals surface area contributed by atoms with Crippen LogP contribution in [-0.2, 0) is 6.54 Å². The predicted molar refractivity (Wildman–Crippen MR) is 91.6 cm³/mol. The van der Waals surface area contributed by atoms with Crippen LogP contribution in [0.4, 0.5) is 5.69 Å². The second-order valence-electron chi connectivity index (χ2n) is 5.22. The second kappa shape index (κ2) is 7.59. The monoisotopic (exact) mass is 331 g/mol. The maximum absolute atomic E-state index is 11.0. The number of carboxylic acid groups (broad SMARTS) is 1. The summed E-state index contributed by atoms with van der Waals surface area (Å²) in [6.07, 6.45) is 0. The largest absolute Gasteiger partial charge is 0.493 e. The first kappa shape index (κ1) is 17.5. The predicted octanol–water partition coefficient (Wildman–Crippen LogP) is 3.33. The molecule has 0 aliphatic rings. The maximum Gasteiger partial charge on any atom is 0.335 e. The van der Waals surface area contributed by atoms with E-state index in [1.165, 1.54) is 0 Å². The van der Waals surface area contributed by atoms with Crippen molar-refractivity contribution < 1.29 is 24.1 Å². The molecule has 2 rings (SSSR count). The molecule has 0 unspecified atom stereocenters. The molecule has 0 aliphatic carbocycles. The van der Waals surface area contributed by atoms with E-state index < -0.39 is 5.97 Å². The van der Waals surface area contributed by atoms with Gasteiger partial charge in [-0.15, -0.1) is 0 Å². The first-order valence-corrected chi connectivity index (χ1v) is 7.36. The van der Waals surface area contributed by atoms with Gasteiger partial charge in [-0.1, -0.05) is 0 Å². The molecule has 0 atom stereocenters. The Hall–Kier alpha value is -2.89. The smallest absolute Gasteiger partial charge is 0.335 e. The quantitative estimate of drug-likeness (QED) is 0.810. The number of aryl methyl sites for hydroxylation is 1. The topological polar surface area (TPSA) is 77.0 Å². The van der Waals surface area contributed by atoms with Crippen LogP contribution in [-0.4, -0.2) is 32.4 Å². The van der Waals surface area contributed by atoms with Crippen molar-refractivity contribution in [3.8, 4) is 17.2 Å². The number of carbonyl (C=O) groups is 1. The molecule has 2 aromatic carbocycles. The zero-order chi connectivity index (χ0) is 17.7. The Morgan fingerprint density at radius 3 is 2.12 bits per heavy atom. The van der Waals surface area contributed by atoms with E-state index in [4.69, 9.17) is 19.3 Å². The van der Waals surface area contributed by atoms with Crippen LogP contribution in [0.15, 0.2) is 30.3 Å². The molecule has 128 valence electrons. The van der Waals surface area contributed by atoms with Gasteiger partial charge in [-0.2, -0.15) is 0 Å². The lowest BCUT2D eigenvalue weighted by Crippen LogP contribution is -2.04. The average molecular weight is 331 g/mol. The zero-order valence-electron chi connectivity index (χ0n) is 14.2. The van der Waals surface area contributed by atoms with E-state index in [1.807, 2.05) is 19.1 Å². The van der Waals surface area contributed by atoms with Gasteiger partial charge in [0.15, 0.2) is 11.5 Å². The molecule has 0 aliphatic heterocycles. The van der Waals surface area contributed by atoms with Crippen molar-refractivity contribution in [2.45, 2.75) is 13.5 Å². The summed E-state index contributed by atoms with van der Waals surface area (Å²) in [6.45, 7) is 2.40. The minimum Gasteiger partial charge on any atom is -0.493 e. The lowest BCUT2D eigenvalue weighted by molar-refractivity contribution is 0.0697. The number of hydrogen-bond donors (Lipinski definition) is 2. The second-order valence-corrected chi connectivity index (χ2v) is 5.22. The van der Waals surface area contributed by atoms with Crippen LogP contribution in [0, 0.1) is 6.92 Å². The van der Waals surface area contributed by atoms with Gasteiger partial charge in [0.2, 0.25) is 5.75 Å². The molecule has 24 heavy (non-hydrogen) atoms. The number of hydrogen-bond acceptors (Lipinski definition) is 5. The first-order chi connectivity index (χ1) is 11.5. The standard InChI is InChI=1S/C18H21NO5/c1-11-7-13(18(20)21)5-6-14(11)19-10-12-8-15(22-2)17(24-4)16(9-12)23-3/h5-9,19H,10H2,1-4H3,(H,20,21). The summed E-state index contributed by atoms with van der Waals surface area (Å²) in [5.41, 5.74) is 2.95. The highest BCUT2D eigenvalue weighted by Gasteiger charge is 2.13. The Morgan fingerprint density at radius 1 is 1.04 bits per heavy atom. The summed E-state index contributed by atoms with van der Waals surface area (Å²) in [6, 6.07) is 8.72. The molecule has 6 nitrogen and oxygen atoms in total. The van der Waals surface area contributed by atoms with Crippen molar-refractivity contribution in [3.05, 3.63) is 47.0 Å². The number of methoxy groups -OCH3 is 3. The summed E-state index contributed by atoms with van der Waals surface area (Å²) >= 11 is 0. The van der Waals surface area contributed by atoms with Gasteiger partial charge in [-0.25, -0.2) is 4.79 Å². The van der Waals surface area contributed by atoms with Crippen molar-refractivity contribution >= 4 is 11.7 Å². The van der Waals surface area contributed by atoms with Crippen LogP contribution in [0.2, 0.25) is 0 Å². The van der Waals surface area contributed by atoms with Crippen LogP contribution in [0.5, 0.6) is 17.2 Å². The molecule has 0 spiro atoms. The van der Waals surface area contributed by atoms with Gasteiger partial charge in [0.05, 0.1) is 26.9 Å². The molecule has 0 radical (unpaired) electrons. The van der Waals surface area contributed by atoms with Crippen molar-refractivity contribution in [2.24, 2.45) is 0 Å². The van der Waals surface area contributed by atoms with Crippen molar-refractivity contribution in [2.75, 3.05) is 26.6 Å². The van der Waals surface area contributed by atoms with Crippen LogP contribution >= 0.6 is 0 Å². The zero-order valence-corrected chi connectivity index (χ0v) is 14.2. The van der Waals surface area contributed by atoms with Crippen molar-refractivity contribution in [1.29, 1.82) is 0 Å². The molecule has 0 saturated heterocycles. The molecule has 0 fully saturated rings. The van der Waals surface area contributed by atoms with Gasteiger partial charge in [-0.05, 0) is 48.4 Å². The molecule has 0 amide bonds. The van der Waals surface area contributed by atoms with Crippen molar-refractivity contribution in [1.82, 2.24) is 0 Å². The number of benzene rings is 2. The Bertz CT molecular complexity index is 717. The molecule has 0 aromatic heterocycles. The van der Waals surface area contributed by atoms with E-state index in [1.54, 1.807) is 39.5 Å². The molecular formula is C18H21NO5. The number of rotatable bonds is 7. The Kier molecular flexibility index (Phi) is 5.52. The van der Waals surface area contributed by atoms with Gasteiger partial charge < -0.3 is 24.6 Å². The molecule has 6 heteroatoms. The van der Waals surface area contributed by atoms with Gasteiger partial charge in [0, 0.05) is 12.2 Å². The summed E-state index contributed by atoms with van der Waals surface area (Å²) in [7, 11) is 4.71. The Morgan fingerprint density at radius 2 is 1.67 bits per heavy atom. The summed E-state index contributed by atoms with van der Waals surface area (Å²) in [4.78, 5) is 11.0. The highest BCUT2D eigenvalue weighted by molar-refractivity contribution is 5.88.